The predicted octanol–water partition coefficient (Wildman–Crippen LogP) is 3.40. The van der Waals surface area contributed by atoms with E-state index in [1.807, 2.05) is 11.5 Å². The summed E-state index contributed by atoms with van der Waals surface area (Å²) in [6.45, 7) is 8.40. The van der Waals surface area contributed by atoms with Crippen LogP contribution >= 0.6 is 11.8 Å². The van der Waals surface area contributed by atoms with E-state index in [0.29, 0.717) is 11.7 Å². The molecule has 0 bridgehead atoms. The van der Waals surface area contributed by atoms with Gasteiger partial charge in [-0.25, -0.2) is 0 Å². The van der Waals surface area contributed by atoms with Crippen molar-refractivity contribution in [2.45, 2.75) is 51.2 Å². The molecule has 1 N–H and O–H groups in total. The van der Waals surface area contributed by atoms with Gasteiger partial charge in [0.05, 0.1) is 5.75 Å². The minimum atomic E-state index is 0.0223. The number of aromatic nitrogens is 3. The first-order valence-electron chi connectivity index (χ1n) is 7.93. The summed E-state index contributed by atoms with van der Waals surface area (Å²) in [7, 11) is 0. The highest BCUT2D eigenvalue weighted by Gasteiger charge is 2.11. The Labute approximate surface area is 141 Å². The lowest BCUT2D eigenvalue weighted by atomic mass is 10.0. The summed E-state index contributed by atoms with van der Waals surface area (Å²) in [5.74, 6) is 0.865. The Balaban J connectivity index is 2.03. The van der Waals surface area contributed by atoms with E-state index in [1.165, 1.54) is 17.3 Å². The van der Waals surface area contributed by atoms with Crippen molar-refractivity contribution in [3.8, 4) is 5.69 Å². The van der Waals surface area contributed by atoms with E-state index >= 15 is 0 Å². The predicted molar refractivity (Wildman–Crippen MR) is 94.1 cm³/mol. The highest BCUT2D eigenvalue weighted by atomic mass is 32.2. The summed E-state index contributed by atoms with van der Waals surface area (Å²) in [4.78, 5) is 11.9. The maximum atomic E-state index is 11.9. The number of amides is 1. The van der Waals surface area contributed by atoms with Crippen LogP contribution in [0.15, 0.2) is 35.7 Å². The first kappa shape index (κ1) is 17.5. The molecule has 23 heavy (non-hydrogen) atoms. The fraction of sp³-hybridized carbons (Fsp3) is 0.471. The van der Waals surface area contributed by atoms with Crippen molar-refractivity contribution in [1.29, 1.82) is 0 Å². The minimum absolute atomic E-state index is 0.0223. The third kappa shape index (κ3) is 4.82. The van der Waals surface area contributed by atoms with Crippen molar-refractivity contribution in [2.75, 3.05) is 5.75 Å². The van der Waals surface area contributed by atoms with Gasteiger partial charge in [0.2, 0.25) is 5.91 Å². The van der Waals surface area contributed by atoms with Crippen LogP contribution in [0.5, 0.6) is 0 Å². The van der Waals surface area contributed by atoms with Crippen molar-refractivity contribution < 1.29 is 4.79 Å². The van der Waals surface area contributed by atoms with Gasteiger partial charge in [-0.1, -0.05) is 44.7 Å². The smallest absolute Gasteiger partial charge is 0.230 e. The molecule has 0 saturated heterocycles. The molecule has 0 saturated carbocycles. The van der Waals surface area contributed by atoms with E-state index < -0.39 is 0 Å². The quantitative estimate of drug-likeness (QED) is 0.790. The molecule has 1 atom stereocenters. The lowest BCUT2D eigenvalue weighted by Crippen LogP contribution is -2.33. The van der Waals surface area contributed by atoms with Gasteiger partial charge in [-0.3, -0.25) is 9.36 Å². The second-order valence-corrected chi connectivity index (χ2v) is 6.84. The summed E-state index contributed by atoms with van der Waals surface area (Å²) in [5.41, 5.74) is 2.30. The molecule has 5 nitrogen and oxygen atoms in total. The van der Waals surface area contributed by atoms with Gasteiger partial charge in [0.25, 0.3) is 0 Å². The van der Waals surface area contributed by atoms with Crippen LogP contribution in [0.25, 0.3) is 5.69 Å². The van der Waals surface area contributed by atoms with Crippen molar-refractivity contribution in [1.82, 2.24) is 20.1 Å². The molecule has 1 aromatic carbocycles. The topological polar surface area (TPSA) is 59.8 Å². The van der Waals surface area contributed by atoms with Crippen LogP contribution in [-0.4, -0.2) is 32.5 Å². The lowest BCUT2D eigenvalue weighted by molar-refractivity contribution is -0.119. The van der Waals surface area contributed by atoms with Gasteiger partial charge >= 0.3 is 0 Å². The van der Waals surface area contributed by atoms with Crippen LogP contribution in [0.3, 0.4) is 0 Å². The van der Waals surface area contributed by atoms with Gasteiger partial charge in [0.1, 0.15) is 6.33 Å². The summed E-state index contributed by atoms with van der Waals surface area (Å²) >= 11 is 1.40. The Bertz CT molecular complexity index is 636. The molecule has 124 valence electrons. The zero-order valence-electron chi connectivity index (χ0n) is 14.1. The fourth-order valence-electron chi connectivity index (χ4n) is 2.07. The Morgan fingerprint density at radius 1 is 1.26 bits per heavy atom. The van der Waals surface area contributed by atoms with Gasteiger partial charge < -0.3 is 5.32 Å². The third-order valence-corrected chi connectivity index (χ3v) is 4.65. The van der Waals surface area contributed by atoms with Crippen molar-refractivity contribution in [3.05, 3.63) is 36.2 Å². The van der Waals surface area contributed by atoms with Gasteiger partial charge in [-0.15, -0.1) is 10.2 Å². The number of thioether (sulfide) groups is 1. The molecule has 1 aromatic heterocycles. The molecular weight excluding hydrogens is 308 g/mol. The first-order valence-corrected chi connectivity index (χ1v) is 8.92. The highest BCUT2D eigenvalue weighted by molar-refractivity contribution is 7.99. The number of hydrogen-bond acceptors (Lipinski definition) is 4. The second kappa shape index (κ2) is 8.15. The van der Waals surface area contributed by atoms with Crippen LogP contribution < -0.4 is 5.32 Å². The first-order chi connectivity index (χ1) is 11.0. The minimum Gasteiger partial charge on any atom is -0.353 e. The van der Waals surface area contributed by atoms with Crippen molar-refractivity contribution in [3.63, 3.8) is 0 Å². The van der Waals surface area contributed by atoms with E-state index in [-0.39, 0.29) is 11.9 Å². The maximum Gasteiger partial charge on any atom is 0.230 e. The number of rotatable bonds is 7. The second-order valence-electron chi connectivity index (χ2n) is 5.90. The monoisotopic (exact) mass is 332 g/mol. The van der Waals surface area contributed by atoms with Crippen LogP contribution in [0.2, 0.25) is 0 Å². The molecule has 1 unspecified atom stereocenters. The molecule has 0 aliphatic heterocycles. The Kier molecular flexibility index (Phi) is 6.21. The largest absolute Gasteiger partial charge is 0.353 e. The molecule has 0 radical (unpaired) electrons. The molecule has 0 aliphatic carbocycles. The average molecular weight is 332 g/mol. The molecule has 0 spiro atoms. The van der Waals surface area contributed by atoms with Crippen LogP contribution in [0.1, 0.15) is 45.6 Å². The summed E-state index contributed by atoms with van der Waals surface area (Å²) in [6.07, 6.45) is 2.61. The summed E-state index contributed by atoms with van der Waals surface area (Å²) in [6, 6.07) is 8.54. The van der Waals surface area contributed by atoms with Gasteiger partial charge in [-0.2, -0.15) is 0 Å². The molecule has 1 heterocycles. The molecule has 2 rings (SSSR count). The van der Waals surface area contributed by atoms with E-state index in [4.69, 9.17) is 0 Å². The standard InChI is InChI=1S/C17H24N4OS/c1-5-13(4)19-16(22)10-23-17-20-18-11-21(17)15-8-6-14(7-9-15)12(2)3/h6-9,11-13H,5,10H2,1-4H3,(H,19,22). The van der Waals surface area contributed by atoms with Crippen molar-refractivity contribution in [2.24, 2.45) is 0 Å². The number of carbonyl (C=O) groups is 1. The third-order valence-electron chi connectivity index (χ3n) is 3.71. The Morgan fingerprint density at radius 2 is 1.96 bits per heavy atom. The van der Waals surface area contributed by atoms with E-state index in [9.17, 15) is 4.79 Å². The maximum absolute atomic E-state index is 11.9. The van der Waals surface area contributed by atoms with Gasteiger partial charge in [-0.05, 0) is 37.0 Å². The normalized spacial score (nSPS) is 12.4. The molecule has 6 heteroatoms. The zero-order chi connectivity index (χ0) is 16.8. The molecule has 0 fully saturated rings. The number of carbonyl (C=O) groups excluding carboxylic acids is 1. The van der Waals surface area contributed by atoms with E-state index in [0.717, 1.165) is 17.3 Å². The van der Waals surface area contributed by atoms with Gasteiger partial charge in [0.15, 0.2) is 5.16 Å². The molecular formula is C17H24N4OS. The summed E-state index contributed by atoms with van der Waals surface area (Å²) < 4.78 is 1.91. The fourth-order valence-corrected chi connectivity index (χ4v) is 2.81. The van der Waals surface area contributed by atoms with Crippen LogP contribution in [-0.2, 0) is 4.79 Å². The number of benzene rings is 1. The Hall–Kier alpha value is -1.82. The summed E-state index contributed by atoms with van der Waals surface area (Å²) in [5, 5.41) is 11.8. The van der Waals surface area contributed by atoms with Crippen LogP contribution in [0.4, 0.5) is 0 Å². The number of nitrogens with zero attached hydrogens (tertiary/aromatic N) is 3. The van der Waals surface area contributed by atoms with E-state index in [1.54, 1.807) is 6.33 Å². The molecule has 2 aromatic rings. The van der Waals surface area contributed by atoms with Gasteiger partial charge in [0, 0.05) is 11.7 Å². The Morgan fingerprint density at radius 3 is 2.57 bits per heavy atom. The molecule has 1 amide bonds. The highest BCUT2D eigenvalue weighted by Crippen LogP contribution is 2.21. The van der Waals surface area contributed by atoms with Crippen molar-refractivity contribution >= 4 is 17.7 Å². The zero-order valence-corrected chi connectivity index (χ0v) is 14.9. The SMILES string of the molecule is CCC(C)NC(=O)CSc1nncn1-c1ccc(C(C)C)cc1. The van der Waals surface area contributed by atoms with Crippen LogP contribution in [0, 0.1) is 0 Å². The number of nitrogens with one attached hydrogen (secondary N) is 1. The average Bonchev–Trinajstić information content (AvgIpc) is 3.01. The lowest BCUT2D eigenvalue weighted by Gasteiger charge is -2.11. The van der Waals surface area contributed by atoms with E-state index in [2.05, 4.69) is 60.6 Å². The number of hydrogen-bond donors (Lipinski definition) is 1. The molecule has 0 aliphatic rings.